The van der Waals surface area contributed by atoms with Crippen LogP contribution in [0.1, 0.15) is 16.1 Å². The summed E-state index contributed by atoms with van der Waals surface area (Å²) in [5, 5.41) is 19.4. The molecule has 0 aliphatic rings. The van der Waals surface area contributed by atoms with Crippen LogP contribution in [0.4, 0.5) is 0 Å². The molecule has 7 heteroatoms. The molecule has 3 rings (SSSR count). The van der Waals surface area contributed by atoms with Crippen molar-refractivity contribution in [2.75, 3.05) is 7.11 Å². The van der Waals surface area contributed by atoms with E-state index in [4.69, 9.17) is 9.47 Å². The minimum atomic E-state index is -1.23. The van der Waals surface area contributed by atoms with E-state index in [0.29, 0.717) is 16.5 Å². The first-order valence-corrected chi connectivity index (χ1v) is 7.60. The third-order valence-electron chi connectivity index (χ3n) is 3.69. The van der Waals surface area contributed by atoms with E-state index in [-0.39, 0.29) is 22.9 Å². The van der Waals surface area contributed by atoms with Crippen LogP contribution in [0.2, 0.25) is 0 Å². The number of aromatic nitrogens is 1. The van der Waals surface area contributed by atoms with Gasteiger partial charge in [-0.25, -0.2) is 9.59 Å². The summed E-state index contributed by atoms with van der Waals surface area (Å²) >= 11 is 0. The Labute approximate surface area is 148 Å². The number of rotatable bonds is 5. The van der Waals surface area contributed by atoms with E-state index in [2.05, 4.69) is 4.98 Å². The summed E-state index contributed by atoms with van der Waals surface area (Å²) in [6.07, 6.45) is 2.64. The van der Waals surface area contributed by atoms with Gasteiger partial charge in [-0.3, -0.25) is 0 Å². The van der Waals surface area contributed by atoms with Crippen molar-refractivity contribution in [3.05, 3.63) is 59.8 Å². The lowest BCUT2D eigenvalue weighted by Gasteiger charge is -2.04. The first-order chi connectivity index (χ1) is 12.5. The highest BCUT2D eigenvalue weighted by Crippen LogP contribution is 2.30. The maximum atomic E-state index is 12.1. The molecule has 2 aromatic carbocycles. The second-order valence-corrected chi connectivity index (χ2v) is 5.37. The number of benzene rings is 2. The number of aromatic carboxylic acids is 1. The fourth-order valence-electron chi connectivity index (χ4n) is 2.47. The van der Waals surface area contributed by atoms with Gasteiger partial charge in [-0.2, -0.15) is 0 Å². The number of carbonyl (C=O) groups is 2. The standard InChI is InChI=1S/C19H15NO6/c1-25-15-10-11(6-8-14(15)21)7-9-16(22)26-18-12-4-2-3-5-13(12)20-17(18)19(23)24/h2-10,20-21H,1H3,(H,23,24)/b9-7+. The molecule has 0 amide bonds. The van der Waals surface area contributed by atoms with E-state index in [1.807, 2.05) is 0 Å². The monoisotopic (exact) mass is 353 g/mol. The van der Waals surface area contributed by atoms with Gasteiger partial charge in [0.25, 0.3) is 0 Å². The van der Waals surface area contributed by atoms with Crippen molar-refractivity contribution in [3.8, 4) is 17.2 Å². The number of carboxylic acid groups (broad SMARTS) is 1. The van der Waals surface area contributed by atoms with Gasteiger partial charge in [-0.1, -0.05) is 18.2 Å². The summed E-state index contributed by atoms with van der Waals surface area (Å²) in [4.78, 5) is 26.2. The van der Waals surface area contributed by atoms with Gasteiger partial charge in [0.15, 0.2) is 22.9 Å². The summed E-state index contributed by atoms with van der Waals surface area (Å²) in [5.41, 5.74) is 0.966. The molecule has 1 aromatic heterocycles. The van der Waals surface area contributed by atoms with Crippen molar-refractivity contribution in [2.45, 2.75) is 0 Å². The molecule has 0 aliphatic carbocycles. The Bertz CT molecular complexity index is 1020. The predicted molar refractivity (Wildman–Crippen MR) is 94.6 cm³/mol. The molecule has 7 nitrogen and oxygen atoms in total. The lowest BCUT2D eigenvalue weighted by atomic mass is 10.2. The molecular formula is C19H15NO6. The highest BCUT2D eigenvalue weighted by Gasteiger charge is 2.20. The van der Waals surface area contributed by atoms with E-state index in [9.17, 15) is 19.8 Å². The number of methoxy groups -OCH3 is 1. The number of carbonyl (C=O) groups excluding carboxylic acids is 1. The second kappa shape index (κ2) is 7.02. The Hall–Kier alpha value is -3.74. The van der Waals surface area contributed by atoms with Crippen molar-refractivity contribution in [1.29, 1.82) is 0 Å². The van der Waals surface area contributed by atoms with Crippen molar-refractivity contribution >= 4 is 28.9 Å². The average molecular weight is 353 g/mol. The highest BCUT2D eigenvalue weighted by atomic mass is 16.5. The molecule has 0 fully saturated rings. The number of hydrogen-bond donors (Lipinski definition) is 3. The molecule has 0 unspecified atom stereocenters. The summed E-state index contributed by atoms with van der Waals surface area (Å²) in [6.45, 7) is 0. The van der Waals surface area contributed by atoms with Crippen LogP contribution in [0.5, 0.6) is 17.2 Å². The van der Waals surface area contributed by atoms with Gasteiger partial charge >= 0.3 is 11.9 Å². The summed E-state index contributed by atoms with van der Waals surface area (Å²) in [5.74, 6) is -1.74. The maximum absolute atomic E-state index is 12.1. The number of para-hydroxylation sites is 1. The minimum Gasteiger partial charge on any atom is -0.504 e. The van der Waals surface area contributed by atoms with Gasteiger partial charge in [0.1, 0.15) is 0 Å². The SMILES string of the molecule is COc1cc(/C=C/C(=O)Oc2c(C(=O)O)[nH]c3ccccc23)ccc1O. The van der Waals surface area contributed by atoms with Gasteiger partial charge in [0, 0.05) is 17.0 Å². The van der Waals surface area contributed by atoms with E-state index in [1.54, 1.807) is 36.4 Å². The molecule has 0 aliphatic heterocycles. The molecule has 1 heterocycles. The Morgan fingerprint density at radius 2 is 1.92 bits per heavy atom. The topological polar surface area (TPSA) is 109 Å². The first-order valence-electron chi connectivity index (χ1n) is 7.60. The summed E-state index contributed by atoms with van der Waals surface area (Å²) in [7, 11) is 1.42. The number of carboxylic acids is 1. The molecule has 3 aromatic rings. The number of aromatic hydroxyl groups is 1. The molecule has 3 N–H and O–H groups in total. The van der Waals surface area contributed by atoms with Crippen LogP contribution in [-0.4, -0.2) is 34.2 Å². The molecule has 132 valence electrons. The number of phenols is 1. The number of phenolic OH excluding ortho intramolecular Hbond substituents is 1. The number of esters is 1. The molecule has 26 heavy (non-hydrogen) atoms. The average Bonchev–Trinajstić information content (AvgIpc) is 3.00. The van der Waals surface area contributed by atoms with Crippen molar-refractivity contribution < 1.29 is 29.3 Å². The van der Waals surface area contributed by atoms with Crippen LogP contribution >= 0.6 is 0 Å². The number of nitrogens with one attached hydrogen (secondary N) is 1. The Morgan fingerprint density at radius 1 is 1.15 bits per heavy atom. The third kappa shape index (κ3) is 3.36. The van der Waals surface area contributed by atoms with Crippen molar-refractivity contribution in [3.63, 3.8) is 0 Å². The van der Waals surface area contributed by atoms with Gasteiger partial charge < -0.3 is 24.7 Å². The van der Waals surface area contributed by atoms with E-state index in [0.717, 1.165) is 0 Å². The van der Waals surface area contributed by atoms with Gasteiger partial charge in [0.05, 0.1) is 7.11 Å². The fraction of sp³-hybridized carbons (Fsp3) is 0.0526. The van der Waals surface area contributed by atoms with E-state index < -0.39 is 11.9 Å². The van der Waals surface area contributed by atoms with Crippen LogP contribution in [0.3, 0.4) is 0 Å². The van der Waals surface area contributed by atoms with Crippen LogP contribution in [-0.2, 0) is 4.79 Å². The molecule has 0 bridgehead atoms. The predicted octanol–water partition coefficient (Wildman–Crippen LogP) is 3.20. The van der Waals surface area contributed by atoms with Crippen LogP contribution < -0.4 is 9.47 Å². The Morgan fingerprint density at radius 3 is 2.65 bits per heavy atom. The number of ether oxygens (including phenoxy) is 2. The molecule has 0 saturated heterocycles. The van der Waals surface area contributed by atoms with Crippen LogP contribution in [0.25, 0.3) is 17.0 Å². The Balaban J connectivity index is 1.85. The van der Waals surface area contributed by atoms with Crippen molar-refractivity contribution in [1.82, 2.24) is 4.98 Å². The second-order valence-electron chi connectivity index (χ2n) is 5.37. The molecule has 0 saturated carbocycles. The smallest absolute Gasteiger partial charge is 0.356 e. The normalized spacial score (nSPS) is 11.0. The molecule has 0 radical (unpaired) electrons. The lowest BCUT2D eigenvalue weighted by molar-refractivity contribution is -0.128. The summed E-state index contributed by atoms with van der Waals surface area (Å²) in [6, 6.07) is 11.4. The van der Waals surface area contributed by atoms with E-state index in [1.165, 1.54) is 25.3 Å². The largest absolute Gasteiger partial charge is 0.504 e. The van der Waals surface area contributed by atoms with E-state index >= 15 is 0 Å². The van der Waals surface area contributed by atoms with Crippen molar-refractivity contribution in [2.24, 2.45) is 0 Å². The lowest BCUT2D eigenvalue weighted by Crippen LogP contribution is -2.07. The number of fused-ring (bicyclic) bond motifs is 1. The molecular weight excluding hydrogens is 338 g/mol. The number of hydrogen-bond acceptors (Lipinski definition) is 5. The highest BCUT2D eigenvalue weighted by molar-refractivity contribution is 6.02. The van der Waals surface area contributed by atoms with Gasteiger partial charge in [-0.15, -0.1) is 0 Å². The van der Waals surface area contributed by atoms with Crippen LogP contribution in [0, 0.1) is 0 Å². The summed E-state index contributed by atoms with van der Waals surface area (Å²) < 4.78 is 10.2. The first kappa shape index (κ1) is 17.1. The molecule has 0 spiro atoms. The minimum absolute atomic E-state index is 0.0166. The maximum Gasteiger partial charge on any atom is 0.356 e. The van der Waals surface area contributed by atoms with Crippen LogP contribution in [0.15, 0.2) is 48.5 Å². The number of aromatic amines is 1. The molecule has 0 atom stereocenters. The fourth-order valence-corrected chi connectivity index (χ4v) is 2.47. The van der Waals surface area contributed by atoms with Gasteiger partial charge in [0.2, 0.25) is 0 Å². The quantitative estimate of drug-likeness (QED) is 0.480. The number of H-pyrrole nitrogens is 1. The zero-order chi connectivity index (χ0) is 18.7. The zero-order valence-electron chi connectivity index (χ0n) is 13.7. The van der Waals surface area contributed by atoms with Gasteiger partial charge in [-0.05, 0) is 35.9 Å². The zero-order valence-corrected chi connectivity index (χ0v) is 13.7. The third-order valence-corrected chi connectivity index (χ3v) is 3.69. The Kier molecular flexibility index (Phi) is 4.62.